The fourth-order valence-corrected chi connectivity index (χ4v) is 2.34. The molecule has 0 saturated heterocycles. The van der Waals surface area contributed by atoms with Crippen molar-refractivity contribution >= 4 is 17.6 Å². The minimum absolute atomic E-state index is 0.224. The summed E-state index contributed by atoms with van der Waals surface area (Å²) < 4.78 is 16.1. The largest absolute Gasteiger partial charge is 0.493 e. The molecule has 5 heteroatoms. The van der Waals surface area contributed by atoms with Crippen LogP contribution in [0.2, 0.25) is 5.02 Å². The van der Waals surface area contributed by atoms with Gasteiger partial charge >= 0.3 is 5.97 Å². The molecule has 0 aliphatic rings. The maximum absolute atomic E-state index is 11.7. The molecule has 0 aliphatic carbocycles. The van der Waals surface area contributed by atoms with Crippen LogP contribution in [-0.2, 0) is 27.3 Å². The van der Waals surface area contributed by atoms with Crippen LogP contribution in [0.15, 0.2) is 48.5 Å². The first-order chi connectivity index (χ1) is 12.1. The molecule has 0 heterocycles. The molecule has 2 aromatic rings. The highest BCUT2D eigenvalue weighted by molar-refractivity contribution is 6.30. The molecule has 0 saturated carbocycles. The van der Waals surface area contributed by atoms with Crippen LogP contribution < -0.4 is 4.74 Å². The molecule has 0 bridgehead atoms. The van der Waals surface area contributed by atoms with Crippen LogP contribution in [0.4, 0.5) is 0 Å². The molecule has 2 rings (SSSR count). The summed E-state index contributed by atoms with van der Waals surface area (Å²) in [5, 5.41) is 0.733. The number of hydrogen-bond acceptors (Lipinski definition) is 4. The highest BCUT2D eigenvalue weighted by atomic mass is 35.5. The molecule has 4 nitrogen and oxygen atoms in total. The Morgan fingerprint density at radius 2 is 1.68 bits per heavy atom. The fourth-order valence-electron chi connectivity index (χ4n) is 2.21. The zero-order valence-electron chi connectivity index (χ0n) is 14.5. The summed E-state index contributed by atoms with van der Waals surface area (Å²) in [6, 6.07) is 15.2. The van der Waals surface area contributed by atoms with E-state index in [9.17, 15) is 4.79 Å². The molecule has 0 radical (unpaired) electrons. The van der Waals surface area contributed by atoms with Crippen LogP contribution in [-0.4, -0.2) is 25.3 Å². The van der Waals surface area contributed by atoms with Crippen molar-refractivity contribution in [3.8, 4) is 5.75 Å². The van der Waals surface area contributed by atoms with E-state index in [1.54, 1.807) is 6.92 Å². The van der Waals surface area contributed by atoms with Gasteiger partial charge in [-0.3, -0.25) is 0 Å². The Morgan fingerprint density at radius 3 is 2.32 bits per heavy atom. The third-order valence-electron chi connectivity index (χ3n) is 3.63. The van der Waals surface area contributed by atoms with Gasteiger partial charge in [0.2, 0.25) is 0 Å². The van der Waals surface area contributed by atoms with Gasteiger partial charge in [0.05, 0.1) is 6.61 Å². The Morgan fingerprint density at radius 1 is 1.04 bits per heavy atom. The number of carbonyl (C=O) groups excluding carboxylic acids is 1. The quantitative estimate of drug-likeness (QED) is 0.619. The Hall–Kier alpha value is -2.04. The number of rotatable bonds is 9. The average Bonchev–Trinajstić information content (AvgIpc) is 2.62. The Labute approximate surface area is 153 Å². The predicted molar refractivity (Wildman–Crippen MR) is 98.0 cm³/mol. The number of carbonyl (C=O) groups is 1. The molecule has 0 aliphatic heterocycles. The van der Waals surface area contributed by atoms with Crippen LogP contribution in [0.1, 0.15) is 25.0 Å². The van der Waals surface area contributed by atoms with Crippen molar-refractivity contribution < 1.29 is 19.0 Å². The van der Waals surface area contributed by atoms with E-state index in [4.69, 9.17) is 25.8 Å². The summed E-state index contributed by atoms with van der Waals surface area (Å²) in [5.41, 5.74) is 2.08. The maximum atomic E-state index is 11.7. The SMILES string of the molecule is CCOC(C)C(=O)OCc1ccc(OCCc2ccc(Cl)cc2)cc1. The maximum Gasteiger partial charge on any atom is 0.335 e. The summed E-state index contributed by atoms with van der Waals surface area (Å²) in [6.07, 6.45) is 0.270. The van der Waals surface area contributed by atoms with Gasteiger partial charge in [-0.1, -0.05) is 35.9 Å². The number of ether oxygens (including phenoxy) is 3. The summed E-state index contributed by atoms with van der Waals surface area (Å²) in [5.74, 6) is 0.428. The van der Waals surface area contributed by atoms with Crippen LogP contribution in [0, 0.1) is 0 Å². The van der Waals surface area contributed by atoms with E-state index in [1.165, 1.54) is 5.56 Å². The van der Waals surface area contributed by atoms with Gasteiger partial charge < -0.3 is 14.2 Å². The van der Waals surface area contributed by atoms with Crippen molar-refractivity contribution in [2.75, 3.05) is 13.2 Å². The van der Waals surface area contributed by atoms with Crippen LogP contribution in [0.3, 0.4) is 0 Å². The monoisotopic (exact) mass is 362 g/mol. The predicted octanol–water partition coefficient (Wildman–Crippen LogP) is 4.43. The molecule has 0 aromatic heterocycles. The van der Waals surface area contributed by atoms with Gasteiger partial charge in [0, 0.05) is 18.1 Å². The minimum atomic E-state index is -0.541. The highest BCUT2D eigenvalue weighted by Crippen LogP contribution is 2.15. The lowest BCUT2D eigenvalue weighted by molar-refractivity contribution is -0.157. The van der Waals surface area contributed by atoms with Gasteiger partial charge in [0.15, 0.2) is 6.10 Å². The van der Waals surface area contributed by atoms with Crippen molar-refractivity contribution in [3.05, 3.63) is 64.7 Å². The summed E-state index contributed by atoms with van der Waals surface area (Å²) in [7, 11) is 0. The van der Waals surface area contributed by atoms with E-state index in [0.717, 1.165) is 22.8 Å². The molecule has 0 spiro atoms. The number of esters is 1. The van der Waals surface area contributed by atoms with Crippen molar-refractivity contribution in [1.29, 1.82) is 0 Å². The lowest BCUT2D eigenvalue weighted by Gasteiger charge is -2.11. The third kappa shape index (κ3) is 6.77. The van der Waals surface area contributed by atoms with E-state index in [1.807, 2.05) is 55.5 Å². The molecular weight excluding hydrogens is 340 g/mol. The molecule has 1 unspecified atom stereocenters. The molecule has 25 heavy (non-hydrogen) atoms. The van der Waals surface area contributed by atoms with Crippen LogP contribution in [0.25, 0.3) is 0 Å². The second-order valence-corrected chi connectivity index (χ2v) is 6.01. The molecular formula is C20H23ClO4. The first-order valence-corrected chi connectivity index (χ1v) is 8.70. The lowest BCUT2D eigenvalue weighted by atomic mass is 10.2. The Kier molecular flexibility index (Phi) is 7.76. The molecule has 0 N–H and O–H groups in total. The summed E-state index contributed by atoms with van der Waals surface area (Å²) in [4.78, 5) is 11.7. The van der Waals surface area contributed by atoms with Crippen LogP contribution >= 0.6 is 11.6 Å². The van der Waals surface area contributed by atoms with Gasteiger partial charge in [-0.05, 0) is 49.2 Å². The Bertz CT molecular complexity index is 652. The highest BCUT2D eigenvalue weighted by Gasteiger charge is 2.13. The topological polar surface area (TPSA) is 44.8 Å². The first kappa shape index (κ1) is 19.3. The van der Waals surface area contributed by atoms with Crippen molar-refractivity contribution in [3.63, 3.8) is 0 Å². The molecule has 1 atom stereocenters. The lowest BCUT2D eigenvalue weighted by Crippen LogP contribution is -2.23. The minimum Gasteiger partial charge on any atom is -0.493 e. The normalized spacial score (nSPS) is 11.8. The summed E-state index contributed by atoms with van der Waals surface area (Å²) >= 11 is 5.86. The fraction of sp³-hybridized carbons (Fsp3) is 0.350. The first-order valence-electron chi connectivity index (χ1n) is 8.33. The molecule has 0 amide bonds. The standard InChI is InChI=1S/C20H23ClO4/c1-3-23-15(2)20(22)25-14-17-6-10-19(11-7-17)24-13-12-16-4-8-18(21)9-5-16/h4-11,15H,3,12-14H2,1-2H3. The van der Waals surface area contributed by atoms with E-state index in [2.05, 4.69) is 0 Å². The van der Waals surface area contributed by atoms with Gasteiger partial charge in [-0.15, -0.1) is 0 Å². The van der Waals surface area contributed by atoms with Crippen molar-refractivity contribution in [1.82, 2.24) is 0 Å². The molecule has 134 valence electrons. The smallest absolute Gasteiger partial charge is 0.335 e. The van der Waals surface area contributed by atoms with E-state index in [0.29, 0.717) is 13.2 Å². The van der Waals surface area contributed by atoms with Gasteiger partial charge in [-0.2, -0.15) is 0 Å². The van der Waals surface area contributed by atoms with Gasteiger partial charge in [0.1, 0.15) is 12.4 Å². The third-order valence-corrected chi connectivity index (χ3v) is 3.88. The number of halogens is 1. The zero-order valence-corrected chi connectivity index (χ0v) is 15.3. The molecule has 0 fully saturated rings. The summed E-state index contributed by atoms with van der Waals surface area (Å²) in [6.45, 7) is 4.82. The number of hydrogen-bond donors (Lipinski definition) is 0. The Balaban J connectivity index is 1.74. The average molecular weight is 363 g/mol. The van der Waals surface area contributed by atoms with Crippen molar-refractivity contribution in [2.45, 2.75) is 33.0 Å². The van der Waals surface area contributed by atoms with Crippen molar-refractivity contribution in [2.24, 2.45) is 0 Å². The van der Waals surface area contributed by atoms with E-state index < -0.39 is 6.10 Å². The van der Waals surface area contributed by atoms with E-state index >= 15 is 0 Å². The van der Waals surface area contributed by atoms with Gasteiger partial charge in [-0.25, -0.2) is 4.79 Å². The molecule has 2 aromatic carbocycles. The second kappa shape index (κ2) is 10.1. The zero-order chi connectivity index (χ0) is 18.1. The second-order valence-electron chi connectivity index (χ2n) is 5.57. The number of benzene rings is 2. The van der Waals surface area contributed by atoms with Gasteiger partial charge in [0.25, 0.3) is 0 Å². The van der Waals surface area contributed by atoms with E-state index in [-0.39, 0.29) is 12.6 Å². The van der Waals surface area contributed by atoms with Crippen LogP contribution in [0.5, 0.6) is 5.75 Å².